The van der Waals surface area contributed by atoms with Crippen LogP contribution in [0.15, 0.2) is 42.2 Å². The van der Waals surface area contributed by atoms with Crippen molar-refractivity contribution in [3.05, 3.63) is 42.2 Å². The van der Waals surface area contributed by atoms with E-state index in [1.54, 1.807) is 11.3 Å². The number of nitrogens with one attached hydrogen (secondary N) is 1. The van der Waals surface area contributed by atoms with Gasteiger partial charge in [-0.3, -0.25) is 0 Å². The summed E-state index contributed by atoms with van der Waals surface area (Å²) in [6.45, 7) is 12.3. The topological polar surface area (TPSA) is 71.8 Å². The Kier molecular flexibility index (Phi) is 6.89. The molecule has 4 aromatic rings. The van der Waals surface area contributed by atoms with Gasteiger partial charge in [-0.1, -0.05) is 12.1 Å². The highest BCUT2D eigenvalue weighted by atomic mass is 127. The summed E-state index contributed by atoms with van der Waals surface area (Å²) in [6.07, 6.45) is 6.72. The normalized spacial score (nSPS) is 18.0. The number of rotatable bonds is 6. The van der Waals surface area contributed by atoms with Crippen LogP contribution in [0.25, 0.3) is 32.6 Å². The van der Waals surface area contributed by atoms with E-state index >= 15 is 0 Å². The molecule has 1 fully saturated rings. The highest BCUT2D eigenvalue weighted by Gasteiger charge is 2.40. The molecule has 1 aliphatic heterocycles. The lowest BCUT2D eigenvalue weighted by Gasteiger charge is -2.49. The number of nitrogens with zero attached hydrogens (tertiary/aromatic N) is 6. The molecule has 3 aromatic heterocycles. The molecule has 1 unspecified atom stereocenters. The van der Waals surface area contributed by atoms with E-state index in [0.717, 1.165) is 57.8 Å². The van der Waals surface area contributed by atoms with Crippen LogP contribution < -0.4 is 10.2 Å². The van der Waals surface area contributed by atoms with Crippen molar-refractivity contribution in [3.8, 4) is 22.4 Å². The minimum absolute atomic E-state index is 0.0837. The van der Waals surface area contributed by atoms with Gasteiger partial charge < -0.3 is 10.2 Å². The summed E-state index contributed by atoms with van der Waals surface area (Å²) < 4.78 is 3.08. The third kappa shape index (κ3) is 5.10. The maximum atomic E-state index is 4.71. The molecular weight excluding hydrogens is 588 g/mol. The minimum Gasteiger partial charge on any atom is -0.352 e. The smallest absolute Gasteiger partial charge is 0.151 e. The highest BCUT2D eigenvalue weighted by molar-refractivity contribution is 14.2. The molecule has 1 aromatic carbocycles. The maximum Gasteiger partial charge on any atom is 0.151 e. The van der Waals surface area contributed by atoms with Gasteiger partial charge in [-0.05, 0) is 81.6 Å². The Balaban J connectivity index is 1.45. The van der Waals surface area contributed by atoms with Gasteiger partial charge in [-0.2, -0.15) is 5.10 Å². The van der Waals surface area contributed by atoms with Gasteiger partial charge in [-0.15, -0.1) is 21.5 Å². The second-order valence-electron chi connectivity index (χ2n) is 10.5. The standard InChI is InChI=1S/C25H31IN7PS/c1-6-32(17-11-24(2,3)31-25(4,5)12-17)21-10-9-20(29-30-21)19-8-7-18(22-23(19)35-15-27-22)16-13-28-33(14-16)34-26/h7-10,13-15,17,31,34H,6,11-12H2,1-5H3. The van der Waals surface area contributed by atoms with Crippen LogP contribution in [-0.2, 0) is 0 Å². The van der Waals surface area contributed by atoms with Crippen LogP contribution in [0.2, 0.25) is 0 Å². The zero-order valence-corrected chi connectivity index (χ0v) is 24.7. The van der Waals surface area contributed by atoms with Crippen molar-refractivity contribution in [2.24, 2.45) is 0 Å². The zero-order valence-electron chi connectivity index (χ0n) is 20.7. The van der Waals surface area contributed by atoms with Gasteiger partial charge in [0.15, 0.2) is 5.82 Å². The number of aromatic nitrogens is 5. The molecule has 7 nitrogen and oxygen atoms in total. The molecule has 35 heavy (non-hydrogen) atoms. The number of piperidine rings is 1. The highest BCUT2D eigenvalue weighted by Crippen LogP contribution is 2.38. The van der Waals surface area contributed by atoms with Gasteiger partial charge in [0.2, 0.25) is 0 Å². The quantitative estimate of drug-likeness (QED) is 0.195. The summed E-state index contributed by atoms with van der Waals surface area (Å²) in [5.41, 5.74) is 7.20. The molecule has 1 aliphatic rings. The SMILES string of the molecule is CCN(c1ccc(-c2ccc(-c3cnn(PI)c3)c3ncsc23)nn1)C1CC(C)(C)NC(C)(C)C1. The van der Waals surface area contributed by atoms with Crippen molar-refractivity contribution < 1.29 is 0 Å². The second-order valence-corrected chi connectivity index (χ2v) is 13.4. The first kappa shape index (κ1) is 25.0. The van der Waals surface area contributed by atoms with E-state index in [-0.39, 0.29) is 11.1 Å². The van der Waals surface area contributed by atoms with Crippen LogP contribution >= 0.6 is 39.8 Å². The summed E-state index contributed by atoms with van der Waals surface area (Å²) >= 11 is 3.98. The maximum absolute atomic E-state index is 4.71. The number of thiazole rings is 1. The lowest BCUT2D eigenvalue weighted by Crippen LogP contribution is -2.62. The molecule has 1 atom stereocenters. The van der Waals surface area contributed by atoms with E-state index in [4.69, 9.17) is 10.2 Å². The zero-order chi connectivity index (χ0) is 24.8. The first-order valence-corrected chi connectivity index (χ1v) is 16.8. The number of hydrogen-bond acceptors (Lipinski definition) is 7. The van der Waals surface area contributed by atoms with E-state index in [2.05, 4.69) is 107 Å². The average Bonchev–Trinajstić information content (AvgIpc) is 3.47. The summed E-state index contributed by atoms with van der Waals surface area (Å²) in [6, 6.07) is 8.91. The van der Waals surface area contributed by atoms with Gasteiger partial charge in [0.1, 0.15) is 0 Å². The van der Waals surface area contributed by atoms with Crippen LogP contribution in [0, 0.1) is 0 Å². The lowest BCUT2D eigenvalue weighted by molar-refractivity contribution is 0.158. The van der Waals surface area contributed by atoms with Crippen LogP contribution in [0.4, 0.5) is 5.82 Å². The van der Waals surface area contributed by atoms with Crippen molar-refractivity contribution in [3.63, 3.8) is 0 Å². The molecular formula is C25H31IN7PS. The van der Waals surface area contributed by atoms with E-state index in [0.29, 0.717) is 12.4 Å². The summed E-state index contributed by atoms with van der Waals surface area (Å²) in [4.78, 5) is 7.10. The molecule has 1 saturated heterocycles. The molecule has 4 heterocycles. The predicted molar refractivity (Wildman–Crippen MR) is 157 cm³/mol. The fourth-order valence-corrected chi connectivity index (χ4v) is 7.53. The van der Waals surface area contributed by atoms with E-state index in [1.165, 1.54) is 0 Å². The predicted octanol–water partition coefficient (Wildman–Crippen LogP) is 6.54. The Bertz CT molecular complexity index is 1320. The van der Waals surface area contributed by atoms with Crippen LogP contribution in [0.3, 0.4) is 0 Å². The van der Waals surface area contributed by atoms with Gasteiger partial charge >= 0.3 is 0 Å². The van der Waals surface area contributed by atoms with Gasteiger partial charge in [0, 0.05) is 46.6 Å². The second kappa shape index (κ2) is 9.65. The molecule has 0 radical (unpaired) electrons. The third-order valence-corrected chi connectivity index (χ3v) is 9.40. The van der Waals surface area contributed by atoms with Crippen molar-refractivity contribution in [2.45, 2.75) is 64.6 Å². The Morgan fingerprint density at radius 2 is 1.86 bits per heavy atom. The molecule has 1 N–H and O–H groups in total. The van der Waals surface area contributed by atoms with Crippen molar-refractivity contribution in [1.29, 1.82) is 0 Å². The molecule has 0 bridgehead atoms. The fraction of sp³-hybridized carbons (Fsp3) is 0.440. The first-order chi connectivity index (χ1) is 16.7. The van der Waals surface area contributed by atoms with E-state index in [9.17, 15) is 0 Å². The molecule has 184 valence electrons. The van der Waals surface area contributed by atoms with Gasteiger partial charge in [0.25, 0.3) is 0 Å². The van der Waals surface area contributed by atoms with E-state index < -0.39 is 0 Å². The van der Waals surface area contributed by atoms with Crippen LogP contribution in [0.5, 0.6) is 0 Å². The Morgan fingerprint density at radius 3 is 2.49 bits per heavy atom. The van der Waals surface area contributed by atoms with Crippen molar-refractivity contribution in [1.82, 2.24) is 30.0 Å². The molecule has 0 amide bonds. The molecule has 10 heteroatoms. The van der Waals surface area contributed by atoms with Crippen LogP contribution in [-0.4, -0.2) is 48.4 Å². The summed E-state index contributed by atoms with van der Waals surface area (Å²) in [5, 5.41) is 17.6. The largest absolute Gasteiger partial charge is 0.352 e. The van der Waals surface area contributed by atoms with Gasteiger partial charge in [-0.25, -0.2) is 9.44 Å². The number of halogens is 1. The molecule has 0 saturated carbocycles. The number of hydrogen-bond donors (Lipinski definition) is 1. The van der Waals surface area contributed by atoms with Crippen molar-refractivity contribution >= 4 is 55.8 Å². The Morgan fingerprint density at radius 1 is 1.11 bits per heavy atom. The number of fused-ring (bicyclic) bond motifs is 1. The Hall–Kier alpha value is -1.68. The number of anilines is 1. The lowest BCUT2D eigenvalue weighted by atomic mass is 9.79. The monoisotopic (exact) mass is 619 g/mol. The van der Waals surface area contributed by atoms with Gasteiger partial charge in [0.05, 0.1) is 34.0 Å². The van der Waals surface area contributed by atoms with Crippen LogP contribution in [0.1, 0.15) is 47.5 Å². The third-order valence-electron chi connectivity index (χ3n) is 6.63. The molecule has 0 spiro atoms. The van der Waals surface area contributed by atoms with Crippen molar-refractivity contribution in [2.75, 3.05) is 11.4 Å². The van der Waals surface area contributed by atoms with E-state index in [1.807, 2.05) is 16.2 Å². The molecule has 0 aliphatic carbocycles. The minimum atomic E-state index is 0.0837. The first-order valence-electron chi connectivity index (χ1n) is 11.9. The fourth-order valence-electron chi connectivity index (χ4n) is 5.61. The number of benzene rings is 1. The average molecular weight is 620 g/mol. The Labute approximate surface area is 225 Å². The summed E-state index contributed by atoms with van der Waals surface area (Å²) in [7, 11) is 0. The summed E-state index contributed by atoms with van der Waals surface area (Å²) in [5.74, 6) is 0.943. The molecule has 5 rings (SSSR count).